The molecule has 0 aliphatic carbocycles. The third kappa shape index (κ3) is 4.10. The van der Waals surface area contributed by atoms with Crippen molar-refractivity contribution in [3.8, 4) is 0 Å². The lowest BCUT2D eigenvalue weighted by atomic mass is 10.2. The van der Waals surface area contributed by atoms with Gasteiger partial charge in [0, 0.05) is 25.2 Å². The fraction of sp³-hybridized carbons (Fsp3) is 0.381. The van der Waals surface area contributed by atoms with E-state index < -0.39 is 17.9 Å². The van der Waals surface area contributed by atoms with Crippen LogP contribution in [0.3, 0.4) is 0 Å². The number of carbonyl (C=O) groups is 3. The van der Waals surface area contributed by atoms with Crippen molar-refractivity contribution in [1.82, 2.24) is 10.2 Å². The van der Waals surface area contributed by atoms with E-state index in [1.54, 1.807) is 6.07 Å². The van der Waals surface area contributed by atoms with E-state index in [1.165, 1.54) is 38.2 Å². The number of methoxy groups -OCH3 is 1. The van der Waals surface area contributed by atoms with Gasteiger partial charge in [0.25, 0.3) is 5.91 Å². The van der Waals surface area contributed by atoms with Crippen molar-refractivity contribution >= 4 is 29.9 Å². The number of anilines is 1. The Morgan fingerprint density at radius 1 is 1.10 bits per heavy atom. The summed E-state index contributed by atoms with van der Waals surface area (Å²) in [6.07, 6.45) is 6.22. The molecule has 30 heavy (non-hydrogen) atoms. The molecule has 9 nitrogen and oxygen atoms in total. The highest BCUT2D eigenvalue weighted by Crippen LogP contribution is 2.25. The first kappa shape index (κ1) is 19.8. The minimum atomic E-state index is -0.628. The van der Waals surface area contributed by atoms with Crippen LogP contribution in [-0.4, -0.2) is 43.0 Å². The monoisotopic (exact) mass is 413 g/mol. The van der Waals surface area contributed by atoms with Gasteiger partial charge in [-0.25, -0.2) is 9.59 Å². The molecule has 0 unspecified atom stereocenters. The van der Waals surface area contributed by atoms with Crippen LogP contribution in [-0.2, 0) is 16.1 Å². The van der Waals surface area contributed by atoms with Crippen LogP contribution in [0.4, 0.5) is 10.7 Å². The van der Waals surface area contributed by atoms with E-state index in [0.717, 1.165) is 36.7 Å². The smallest absolute Gasteiger partial charge is 0.373 e. The van der Waals surface area contributed by atoms with Gasteiger partial charge in [-0.3, -0.25) is 9.69 Å². The maximum Gasteiger partial charge on any atom is 0.373 e. The Morgan fingerprint density at radius 2 is 1.87 bits per heavy atom. The molecule has 2 aliphatic rings. The Labute approximate surface area is 173 Å². The summed E-state index contributed by atoms with van der Waals surface area (Å²) in [6.45, 7) is 1.80. The second-order valence-electron chi connectivity index (χ2n) is 7.21. The molecule has 2 saturated heterocycles. The van der Waals surface area contributed by atoms with Crippen molar-refractivity contribution in [3.05, 3.63) is 47.2 Å². The Hall–Kier alpha value is -3.49. The summed E-state index contributed by atoms with van der Waals surface area (Å²) < 4.78 is 15.8. The molecule has 0 aromatic carbocycles. The van der Waals surface area contributed by atoms with Crippen LogP contribution in [0.1, 0.15) is 47.8 Å². The fourth-order valence-corrected chi connectivity index (χ4v) is 3.57. The van der Waals surface area contributed by atoms with E-state index in [4.69, 9.17) is 8.83 Å². The number of nitrogens with zero attached hydrogens (tertiary/aromatic N) is 2. The highest BCUT2D eigenvalue weighted by Gasteiger charge is 2.34. The number of amides is 3. The van der Waals surface area contributed by atoms with E-state index in [2.05, 4.69) is 15.0 Å². The molecule has 4 rings (SSSR count). The number of carbonyl (C=O) groups excluding carboxylic acids is 3. The Balaban J connectivity index is 1.45. The highest BCUT2D eigenvalue weighted by atomic mass is 16.5. The number of nitrogens with one attached hydrogen (secondary N) is 1. The predicted octanol–water partition coefficient (Wildman–Crippen LogP) is 3.13. The minimum absolute atomic E-state index is 0.00643. The largest absolute Gasteiger partial charge is 0.463 e. The number of imide groups is 1. The molecule has 0 saturated carbocycles. The molecule has 0 radical (unpaired) electrons. The molecule has 158 valence electrons. The second-order valence-corrected chi connectivity index (χ2v) is 7.21. The van der Waals surface area contributed by atoms with Crippen molar-refractivity contribution in [2.24, 2.45) is 0 Å². The summed E-state index contributed by atoms with van der Waals surface area (Å²) in [5.41, 5.74) is 0.122. The van der Waals surface area contributed by atoms with E-state index in [1.807, 2.05) is 6.07 Å². The van der Waals surface area contributed by atoms with Gasteiger partial charge in [0.2, 0.25) is 5.76 Å². The summed E-state index contributed by atoms with van der Waals surface area (Å²) in [7, 11) is 1.24. The van der Waals surface area contributed by atoms with Crippen LogP contribution < -0.4 is 10.2 Å². The maximum atomic E-state index is 12.7. The quantitative estimate of drug-likeness (QED) is 0.456. The van der Waals surface area contributed by atoms with Crippen molar-refractivity contribution in [3.63, 3.8) is 0 Å². The van der Waals surface area contributed by atoms with Gasteiger partial charge < -0.3 is 23.8 Å². The fourth-order valence-electron chi connectivity index (χ4n) is 3.57. The van der Waals surface area contributed by atoms with Crippen LogP contribution in [0, 0.1) is 0 Å². The summed E-state index contributed by atoms with van der Waals surface area (Å²) in [6, 6.07) is 6.05. The number of ether oxygens (including phenoxy) is 1. The van der Waals surface area contributed by atoms with Gasteiger partial charge in [-0.2, -0.15) is 0 Å². The van der Waals surface area contributed by atoms with Crippen LogP contribution in [0.2, 0.25) is 0 Å². The Morgan fingerprint density at radius 3 is 2.60 bits per heavy atom. The third-order valence-electron chi connectivity index (χ3n) is 5.14. The first-order valence-corrected chi connectivity index (χ1v) is 9.91. The molecule has 2 aromatic rings. The van der Waals surface area contributed by atoms with Gasteiger partial charge in [-0.1, -0.05) is 12.8 Å². The summed E-state index contributed by atoms with van der Waals surface area (Å²) in [5, 5.41) is 2.55. The maximum absolute atomic E-state index is 12.7. The molecule has 3 amide bonds. The summed E-state index contributed by atoms with van der Waals surface area (Å²) in [5.74, 6) is 0.434. The van der Waals surface area contributed by atoms with Crippen molar-refractivity contribution < 1.29 is 28.0 Å². The molecular weight excluding hydrogens is 390 g/mol. The van der Waals surface area contributed by atoms with E-state index in [0.29, 0.717) is 11.5 Å². The molecule has 1 N–H and O–H groups in total. The van der Waals surface area contributed by atoms with E-state index >= 15 is 0 Å². The number of rotatable bonds is 5. The van der Waals surface area contributed by atoms with Gasteiger partial charge >= 0.3 is 12.0 Å². The topological polar surface area (TPSA) is 105 Å². The predicted molar refractivity (Wildman–Crippen MR) is 106 cm³/mol. The number of esters is 1. The number of hydrogen-bond donors (Lipinski definition) is 1. The molecule has 0 atom stereocenters. The van der Waals surface area contributed by atoms with Crippen molar-refractivity contribution in [2.45, 2.75) is 32.2 Å². The lowest BCUT2D eigenvalue weighted by Gasteiger charge is -2.18. The molecule has 4 heterocycles. The minimum Gasteiger partial charge on any atom is -0.463 e. The zero-order valence-electron chi connectivity index (χ0n) is 16.7. The SMILES string of the molecule is COC(=O)c1ccc(CN2C(=O)NC(=Cc3ccc(N4CCCCCC4)o3)C2=O)o1. The lowest BCUT2D eigenvalue weighted by molar-refractivity contribution is -0.123. The van der Waals surface area contributed by atoms with Gasteiger partial charge in [-0.05, 0) is 31.0 Å². The first-order valence-electron chi connectivity index (χ1n) is 9.91. The Kier molecular flexibility index (Phi) is 5.60. The normalized spacial score (nSPS) is 18.6. The van der Waals surface area contributed by atoms with Crippen molar-refractivity contribution in [2.75, 3.05) is 25.1 Å². The molecular formula is C21H23N3O6. The zero-order chi connectivity index (χ0) is 21.1. The number of hydrogen-bond acceptors (Lipinski definition) is 7. The molecule has 2 aliphatic heterocycles. The van der Waals surface area contributed by atoms with Gasteiger partial charge in [0.05, 0.1) is 13.7 Å². The Bertz CT molecular complexity index is 981. The zero-order valence-corrected chi connectivity index (χ0v) is 16.7. The number of furan rings is 2. The molecule has 2 fully saturated rings. The molecule has 0 bridgehead atoms. The van der Waals surface area contributed by atoms with Crippen molar-refractivity contribution in [1.29, 1.82) is 0 Å². The highest BCUT2D eigenvalue weighted by molar-refractivity contribution is 6.13. The van der Waals surface area contributed by atoms with Crippen LogP contribution in [0.5, 0.6) is 0 Å². The van der Waals surface area contributed by atoms with Crippen LogP contribution in [0.25, 0.3) is 6.08 Å². The lowest BCUT2D eigenvalue weighted by Crippen LogP contribution is -2.30. The molecule has 2 aromatic heterocycles. The molecule has 0 spiro atoms. The third-order valence-corrected chi connectivity index (χ3v) is 5.14. The average Bonchev–Trinajstić information content (AvgIpc) is 3.40. The van der Waals surface area contributed by atoms with E-state index in [-0.39, 0.29) is 18.0 Å². The van der Waals surface area contributed by atoms with E-state index in [9.17, 15) is 14.4 Å². The summed E-state index contributed by atoms with van der Waals surface area (Å²) in [4.78, 5) is 39.6. The van der Waals surface area contributed by atoms with Crippen LogP contribution >= 0.6 is 0 Å². The van der Waals surface area contributed by atoms with Crippen LogP contribution in [0.15, 0.2) is 38.8 Å². The van der Waals surface area contributed by atoms with Gasteiger partial charge in [-0.15, -0.1) is 0 Å². The van der Waals surface area contributed by atoms with Gasteiger partial charge in [0.1, 0.15) is 17.2 Å². The van der Waals surface area contributed by atoms with Gasteiger partial charge in [0.15, 0.2) is 5.88 Å². The number of urea groups is 1. The standard InChI is InChI=1S/C21H23N3O6/c1-28-20(26)17-8-6-15(29-17)13-24-19(25)16(22-21(24)27)12-14-7-9-18(30-14)23-10-4-2-3-5-11-23/h6-9,12H,2-5,10-11,13H2,1H3,(H,22,27). The second kappa shape index (κ2) is 8.48. The average molecular weight is 413 g/mol. The summed E-state index contributed by atoms with van der Waals surface area (Å²) >= 11 is 0. The molecule has 9 heteroatoms. The first-order chi connectivity index (χ1) is 14.5.